The predicted octanol–water partition coefficient (Wildman–Crippen LogP) is 3.47. The lowest BCUT2D eigenvalue weighted by Gasteiger charge is -2.35. The summed E-state index contributed by atoms with van der Waals surface area (Å²) in [5.74, 6) is 0.675. The third-order valence-electron chi connectivity index (χ3n) is 5.10. The highest BCUT2D eigenvalue weighted by atomic mass is 35.5. The van der Waals surface area contributed by atoms with Crippen molar-refractivity contribution in [2.24, 2.45) is 5.92 Å². The first-order valence-corrected chi connectivity index (χ1v) is 11.4. The molecule has 0 radical (unpaired) electrons. The summed E-state index contributed by atoms with van der Waals surface area (Å²) in [6.45, 7) is 5.71. The first kappa shape index (κ1) is 22.2. The van der Waals surface area contributed by atoms with Crippen molar-refractivity contribution >= 4 is 33.2 Å². The molecule has 2 aromatic carbocycles. The van der Waals surface area contributed by atoms with E-state index in [4.69, 9.17) is 21.1 Å². The number of nitrogens with one attached hydrogen (secondary N) is 1. The summed E-state index contributed by atoms with van der Waals surface area (Å²) in [6, 6.07) is 10.7. The summed E-state index contributed by atoms with van der Waals surface area (Å²) < 4.78 is 38.9. The van der Waals surface area contributed by atoms with E-state index in [1.165, 1.54) is 29.6 Å². The van der Waals surface area contributed by atoms with E-state index in [1.54, 1.807) is 24.3 Å². The van der Waals surface area contributed by atoms with Crippen LogP contribution in [0.25, 0.3) is 0 Å². The maximum atomic E-state index is 13.4. The Balaban J connectivity index is 1.99. The molecule has 0 aromatic heterocycles. The average Bonchev–Trinajstić information content (AvgIpc) is 2.72. The molecule has 2 atom stereocenters. The van der Waals surface area contributed by atoms with Crippen LogP contribution in [-0.2, 0) is 14.8 Å². The largest absolute Gasteiger partial charge is 0.497 e. The van der Waals surface area contributed by atoms with E-state index in [-0.39, 0.29) is 35.1 Å². The number of benzene rings is 2. The van der Waals surface area contributed by atoms with Crippen LogP contribution in [0.5, 0.6) is 11.5 Å². The molecule has 0 spiro atoms. The number of hydrogen-bond acceptors (Lipinski definition) is 5. The molecule has 3 rings (SSSR count). The number of hydrogen-bond donors (Lipinski definition) is 1. The van der Waals surface area contributed by atoms with Gasteiger partial charge in [-0.3, -0.25) is 9.10 Å². The van der Waals surface area contributed by atoms with Gasteiger partial charge in [0, 0.05) is 11.1 Å². The normalized spacial score (nSPS) is 17.1. The van der Waals surface area contributed by atoms with Crippen LogP contribution in [0.1, 0.15) is 20.8 Å². The van der Waals surface area contributed by atoms with E-state index in [0.29, 0.717) is 16.5 Å². The van der Waals surface area contributed by atoms with Gasteiger partial charge in [-0.05, 0) is 55.3 Å². The van der Waals surface area contributed by atoms with Gasteiger partial charge >= 0.3 is 0 Å². The Morgan fingerprint density at radius 2 is 1.87 bits per heavy atom. The molecular weight excluding hydrogens is 428 g/mol. The number of anilines is 1. The topological polar surface area (TPSA) is 84.9 Å². The van der Waals surface area contributed by atoms with Gasteiger partial charge in [-0.25, -0.2) is 8.42 Å². The van der Waals surface area contributed by atoms with Crippen LogP contribution >= 0.6 is 11.6 Å². The van der Waals surface area contributed by atoms with Crippen LogP contribution in [0.2, 0.25) is 5.02 Å². The smallest absolute Gasteiger partial charge is 0.264 e. The van der Waals surface area contributed by atoms with E-state index in [0.717, 1.165) is 0 Å². The van der Waals surface area contributed by atoms with Crippen molar-refractivity contribution in [2.45, 2.75) is 37.8 Å². The minimum atomic E-state index is -3.97. The van der Waals surface area contributed by atoms with Gasteiger partial charge in [0.2, 0.25) is 0 Å². The van der Waals surface area contributed by atoms with Crippen molar-refractivity contribution in [1.29, 1.82) is 0 Å². The number of carbonyl (C=O) groups is 1. The molecule has 0 fully saturated rings. The Bertz CT molecular complexity index is 1020. The molecule has 1 amide bonds. The molecule has 9 heteroatoms. The van der Waals surface area contributed by atoms with E-state index >= 15 is 0 Å². The zero-order valence-electron chi connectivity index (χ0n) is 17.3. The molecule has 0 bridgehead atoms. The number of amides is 1. The number of methoxy groups -OCH3 is 1. The Kier molecular flexibility index (Phi) is 6.47. The lowest BCUT2D eigenvalue weighted by molar-refractivity contribution is -0.128. The maximum absolute atomic E-state index is 13.4. The van der Waals surface area contributed by atoms with Gasteiger partial charge in [0.25, 0.3) is 15.9 Å². The molecule has 0 saturated carbocycles. The predicted molar refractivity (Wildman–Crippen MR) is 116 cm³/mol. The summed E-state index contributed by atoms with van der Waals surface area (Å²) in [4.78, 5) is 12.9. The first-order chi connectivity index (χ1) is 14.1. The lowest BCUT2D eigenvalue weighted by Crippen LogP contribution is -2.52. The Morgan fingerprint density at radius 3 is 2.47 bits per heavy atom. The third kappa shape index (κ3) is 4.49. The second-order valence-corrected chi connectivity index (χ2v) is 9.77. The van der Waals surface area contributed by atoms with Crippen molar-refractivity contribution < 1.29 is 22.7 Å². The number of carbonyl (C=O) groups excluding carboxylic acids is 1. The summed E-state index contributed by atoms with van der Waals surface area (Å²) in [5.41, 5.74) is 0.291. The molecule has 1 N–H and O–H groups in total. The summed E-state index contributed by atoms with van der Waals surface area (Å²) in [7, 11) is -2.46. The highest BCUT2D eigenvalue weighted by Gasteiger charge is 2.38. The van der Waals surface area contributed by atoms with E-state index in [1.807, 2.05) is 20.8 Å². The Hall–Kier alpha value is -2.45. The van der Waals surface area contributed by atoms with Crippen molar-refractivity contribution in [3.05, 3.63) is 47.5 Å². The van der Waals surface area contributed by atoms with Crippen LogP contribution in [-0.4, -0.2) is 40.1 Å². The Labute approximate surface area is 182 Å². The van der Waals surface area contributed by atoms with Crippen LogP contribution < -0.4 is 19.1 Å². The zero-order chi connectivity index (χ0) is 22.1. The second-order valence-electron chi connectivity index (χ2n) is 7.47. The highest BCUT2D eigenvalue weighted by Crippen LogP contribution is 2.39. The van der Waals surface area contributed by atoms with Crippen LogP contribution in [0.3, 0.4) is 0 Å². The van der Waals surface area contributed by atoms with Gasteiger partial charge in [-0.15, -0.1) is 0 Å². The maximum Gasteiger partial charge on any atom is 0.264 e. The molecule has 2 aromatic rings. The number of rotatable bonds is 6. The van der Waals surface area contributed by atoms with Crippen LogP contribution in [0, 0.1) is 5.92 Å². The minimum Gasteiger partial charge on any atom is -0.497 e. The van der Waals surface area contributed by atoms with Gasteiger partial charge in [0.05, 0.1) is 24.2 Å². The second kappa shape index (κ2) is 8.73. The molecule has 0 aliphatic carbocycles. The molecule has 30 heavy (non-hydrogen) atoms. The molecular formula is C21H25ClN2O5S. The van der Waals surface area contributed by atoms with Crippen molar-refractivity contribution in [2.75, 3.05) is 18.0 Å². The average molecular weight is 453 g/mol. The first-order valence-electron chi connectivity index (χ1n) is 9.57. The fraction of sp³-hybridized carbons (Fsp3) is 0.381. The zero-order valence-corrected chi connectivity index (χ0v) is 18.8. The quantitative estimate of drug-likeness (QED) is 0.725. The van der Waals surface area contributed by atoms with E-state index < -0.39 is 16.1 Å². The van der Waals surface area contributed by atoms with Crippen molar-refractivity contribution in [1.82, 2.24) is 5.32 Å². The number of halogens is 1. The van der Waals surface area contributed by atoms with Crippen LogP contribution in [0.4, 0.5) is 5.69 Å². The fourth-order valence-corrected chi connectivity index (χ4v) is 4.58. The van der Waals surface area contributed by atoms with Crippen molar-refractivity contribution in [3.8, 4) is 11.5 Å². The molecule has 162 valence electrons. The molecule has 0 saturated heterocycles. The number of fused-ring (bicyclic) bond motifs is 1. The van der Waals surface area contributed by atoms with Gasteiger partial charge in [0.15, 0.2) is 6.10 Å². The molecule has 2 unspecified atom stereocenters. The van der Waals surface area contributed by atoms with Crippen LogP contribution in [0.15, 0.2) is 47.4 Å². The summed E-state index contributed by atoms with van der Waals surface area (Å²) in [5, 5.41) is 3.25. The third-order valence-corrected chi connectivity index (χ3v) is 7.13. The van der Waals surface area contributed by atoms with Gasteiger partial charge in [-0.2, -0.15) is 0 Å². The van der Waals surface area contributed by atoms with Gasteiger partial charge in [-0.1, -0.05) is 25.4 Å². The standard InChI is InChI=1S/C21H25ClN2O5S/c1-13(2)14(3)23-21(25)20-12-24(18-11-15(22)5-10-19(18)29-20)30(26,27)17-8-6-16(28-4)7-9-17/h5-11,13-14,20H,12H2,1-4H3,(H,23,25). The monoisotopic (exact) mass is 452 g/mol. The van der Waals surface area contributed by atoms with E-state index in [2.05, 4.69) is 5.32 Å². The molecule has 1 aliphatic heterocycles. The summed E-state index contributed by atoms with van der Waals surface area (Å²) >= 11 is 6.11. The molecule has 7 nitrogen and oxygen atoms in total. The number of ether oxygens (including phenoxy) is 2. The highest BCUT2D eigenvalue weighted by molar-refractivity contribution is 7.92. The molecule has 1 aliphatic rings. The molecule has 1 heterocycles. The SMILES string of the molecule is COc1ccc(S(=O)(=O)N2CC(C(=O)NC(C)C(C)C)Oc3ccc(Cl)cc32)cc1. The van der Waals surface area contributed by atoms with Gasteiger partial charge in [0.1, 0.15) is 11.5 Å². The fourth-order valence-electron chi connectivity index (χ4n) is 2.95. The lowest BCUT2D eigenvalue weighted by atomic mass is 10.1. The van der Waals surface area contributed by atoms with E-state index in [9.17, 15) is 13.2 Å². The number of nitrogens with zero attached hydrogens (tertiary/aromatic N) is 1. The van der Waals surface area contributed by atoms with Gasteiger partial charge < -0.3 is 14.8 Å². The number of sulfonamides is 1. The Morgan fingerprint density at radius 1 is 1.20 bits per heavy atom. The summed E-state index contributed by atoms with van der Waals surface area (Å²) in [6.07, 6.45) is -0.993. The van der Waals surface area contributed by atoms with Crippen molar-refractivity contribution in [3.63, 3.8) is 0 Å². The minimum absolute atomic E-state index is 0.0748.